The number of halogens is 1. The first-order valence-corrected chi connectivity index (χ1v) is 10.9. The number of aromatic nitrogens is 2. The minimum Gasteiger partial charge on any atom is -0.306 e. The highest BCUT2D eigenvalue weighted by molar-refractivity contribution is 7.90. The first-order chi connectivity index (χ1) is 13.8. The van der Waals surface area contributed by atoms with E-state index in [2.05, 4.69) is 10.3 Å². The summed E-state index contributed by atoms with van der Waals surface area (Å²) < 4.78 is 25.5. The lowest BCUT2D eigenvalue weighted by Gasteiger charge is -2.10. The molecule has 29 heavy (non-hydrogen) atoms. The van der Waals surface area contributed by atoms with Gasteiger partial charge in [-0.25, -0.2) is 13.4 Å². The Kier molecular flexibility index (Phi) is 4.86. The van der Waals surface area contributed by atoms with Crippen molar-refractivity contribution in [1.82, 2.24) is 9.38 Å². The lowest BCUT2D eigenvalue weighted by molar-refractivity contribution is 0.102. The average molecular weight is 426 g/mol. The van der Waals surface area contributed by atoms with Crippen molar-refractivity contribution in [2.45, 2.75) is 4.90 Å². The van der Waals surface area contributed by atoms with Gasteiger partial charge in [-0.3, -0.25) is 9.20 Å². The van der Waals surface area contributed by atoms with Crippen molar-refractivity contribution in [1.29, 1.82) is 0 Å². The Morgan fingerprint density at radius 3 is 2.48 bits per heavy atom. The molecular weight excluding hydrogens is 410 g/mol. The van der Waals surface area contributed by atoms with Crippen LogP contribution in [0.4, 0.5) is 5.82 Å². The van der Waals surface area contributed by atoms with Gasteiger partial charge in [-0.2, -0.15) is 0 Å². The SMILES string of the molecule is CS(=O)(=O)c1ccc(Cl)c(C(=O)Nc2c(-c3ccccc3)nc3ccccn23)c1. The zero-order chi connectivity index (χ0) is 20.6. The van der Waals surface area contributed by atoms with Crippen molar-refractivity contribution in [3.05, 3.63) is 83.5 Å². The minimum absolute atomic E-state index is 0.0217. The van der Waals surface area contributed by atoms with Crippen molar-refractivity contribution in [2.24, 2.45) is 0 Å². The van der Waals surface area contributed by atoms with E-state index in [1.165, 1.54) is 18.2 Å². The molecule has 0 saturated heterocycles. The molecule has 0 unspecified atom stereocenters. The summed E-state index contributed by atoms with van der Waals surface area (Å²) in [7, 11) is -3.48. The molecule has 0 atom stereocenters. The normalized spacial score (nSPS) is 11.5. The lowest BCUT2D eigenvalue weighted by atomic mass is 10.1. The van der Waals surface area contributed by atoms with Gasteiger partial charge in [0.15, 0.2) is 9.84 Å². The molecule has 0 aliphatic carbocycles. The Balaban J connectivity index is 1.82. The average Bonchev–Trinajstić information content (AvgIpc) is 3.06. The summed E-state index contributed by atoms with van der Waals surface area (Å²) in [4.78, 5) is 17.7. The number of hydrogen-bond donors (Lipinski definition) is 1. The Morgan fingerprint density at radius 2 is 1.76 bits per heavy atom. The molecule has 2 aromatic heterocycles. The van der Waals surface area contributed by atoms with Gasteiger partial charge in [-0.1, -0.05) is 48.0 Å². The van der Waals surface area contributed by atoms with Gasteiger partial charge in [0, 0.05) is 18.0 Å². The number of fused-ring (bicyclic) bond motifs is 1. The summed E-state index contributed by atoms with van der Waals surface area (Å²) in [5, 5.41) is 3.01. The van der Waals surface area contributed by atoms with Gasteiger partial charge < -0.3 is 5.32 Å². The molecule has 4 rings (SSSR count). The molecule has 0 fully saturated rings. The third kappa shape index (κ3) is 3.74. The van der Waals surface area contributed by atoms with E-state index in [4.69, 9.17) is 11.6 Å². The summed E-state index contributed by atoms with van der Waals surface area (Å²) in [6.07, 6.45) is 2.87. The number of pyridine rings is 1. The van der Waals surface area contributed by atoms with Gasteiger partial charge in [-0.05, 0) is 30.3 Å². The maximum atomic E-state index is 13.0. The van der Waals surface area contributed by atoms with Gasteiger partial charge in [0.1, 0.15) is 17.2 Å². The number of sulfone groups is 1. The van der Waals surface area contributed by atoms with Crippen LogP contribution in [0.2, 0.25) is 5.02 Å². The van der Waals surface area contributed by atoms with E-state index >= 15 is 0 Å². The fourth-order valence-corrected chi connectivity index (χ4v) is 3.85. The van der Waals surface area contributed by atoms with Crippen LogP contribution in [0.5, 0.6) is 0 Å². The highest BCUT2D eigenvalue weighted by Crippen LogP contribution is 2.30. The van der Waals surface area contributed by atoms with Gasteiger partial charge in [0.25, 0.3) is 5.91 Å². The van der Waals surface area contributed by atoms with Gasteiger partial charge >= 0.3 is 0 Å². The van der Waals surface area contributed by atoms with Crippen molar-refractivity contribution in [3.8, 4) is 11.3 Å². The first kappa shape index (κ1) is 19.2. The molecule has 6 nitrogen and oxygen atoms in total. The molecule has 0 aliphatic rings. The second-order valence-corrected chi connectivity index (χ2v) is 8.89. The van der Waals surface area contributed by atoms with E-state index in [-0.39, 0.29) is 15.5 Å². The van der Waals surface area contributed by atoms with E-state index in [0.717, 1.165) is 11.8 Å². The number of rotatable bonds is 4. The molecule has 0 aliphatic heterocycles. The van der Waals surface area contributed by atoms with Crippen LogP contribution in [0.3, 0.4) is 0 Å². The smallest absolute Gasteiger partial charge is 0.258 e. The summed E-state index contributed by atoms with van der Waals surface area (Å²) >= 11 is 6.18. The van der Waals surface area contributed by atoms with Crippen LogP contribution in [-0.4, -0.2) is 30.0 Å². The summed E-state index contributed by atoms with van der Waals surface area (Å²) in [6, 6.07) is 19.0. The van der Waals surface area contributed by atoms with Crippen molar-refractivity contribution >= 4 is 38.8 Å². The second kappa shape index (κ2) is 7.35. The molecule has 0 radical (unpaired) electrons. The Hall–Kier alpha value is -3.16. The van der Waals surface area contributed by atoms with Gasteiger partial charge in [0.2, 0.25) is 0 Å². The number of amides is 1. The third-order valence-electron chi connectivity index (χ3n) is 4.42. The highest BCUT2D eigenvalue weighted by Gasteiger charge is 2.20. The number of nitrogens with zero attached hydrogens (tertiary/aromatic N) is 2. The number of imidazole rings is 1. The summed E-state index contributed by atoms with van der Waals surface area (Å²) in [5.41, 5.74) is 2.17. The number of carbonyl (C=O) groups excluding carboxylic acids is 1. The Bertz CT molecular complexity index is 1330. The first-order valence-electron chi connectivity index (χ1n) is 8.68. The zero-order valence-corrected chi connectivity index (χ0v) is 16.9. The predicted molar refractivity (Wildman–Crippen MR) is 113 cm³/mol. The number of carbonyl (C=O) groups is 1. The fraction of sp³-hybridized carbons (Fsp3) is 0.0476. The van der Waals surface area contributed by atoms with E-state index in [1.54, 1.807) is 10.6 Å². The van der Waals surface area contributed by atoms with Crippen molar-refractivity contribution in [2.75, 3.05) is 11.6 Å². The molecular formula is C21H16ClN3O3S. The van der Waals surface area contributed by atoms with Crippen molar-refractivity contribution < 1.29 is 13.2 Å². The minimum atomic E-state index is -3.48. The number of benzene rings is 2. The highest BCUT2D eigenvalue weighted by atomic mass is 35.5. The molecule has 8 heteroatoms. The maximum Gasteiger partial charge on any atom is 0.258 e. The van der Waals surface area contributed by atoms with E-state index in [1.807, 2.05) is 48.5 Å². The van der Waals surface area contributed by atoms with E-state index in [0.29, 0.717) is 17.2 Å². The van der Waals surface area contributed by atoms with Crippen LogP contribution in [0.15, 0.2) is 77.8 Å². The predicted octanol–water partition coefficient (Wildman–Crippen LogP) is 4.31. The van der Waals surface area contributed by atoms with Crippen LogP contribution in [0, 0.1) is 0 Å². The molecule has 146 valence electrons. The maximum absolute atomic E-state index is 13.0. The summed E-state index contributed by atoms with van der Waals surface area (Å²) in [6.45, 7) is 0. The van der Waals surface area contributed by atoms with Crippen LogP contribution >= 0.6 is 11.6 Å². The molecule has 0 saturated carbocycles. The standard InChI is InChI=1S/C21H16ClN3O3S/c1-29(27,28)15-10-11-17(22)16(13-15)21(26)24-20-19(14-7-3-2-4-8-14)23-18-9-5-6-12-25(18)20/h2-13H,1H3,(H,24,26). The largest absolute Gasteiger partial charge is 0.306 e. The molecule has 2 heterocycles. The quantitative estimate of drug-likeness (QED) is 0.528. The van der Waals surface area contributed by atoms with Crippen LogP contribution in [0.25, 0.3) is 16.9 Å². The van der Waals surface area contributed by atoms with Gasteiger partial charge in [-0.15, -0.1) is 0 Å². The van der Waals surface area contributed by atoms with Crippen molar-refractivity contribution in [3.63, 3.8) is 0 Å². The van der Waals surface area contributed by atoms with E-state index in [9.17, 15) is 13.2 Å². The molecule has 2 aromatic carbocycles. The number of anilines is 1. The topological polar surface area (TPSA) is 80.5 Å². The zero-order valence-electron chi connectivity index (χ0n) is 15.3. The molecule has 1 amide bonds. The summed E-state index contributed by atoms with van der Waals surface area (Å²) in [5.74, 6) is -0.0547. The molecule has 4 aromatic rings. The van der Waals surface area contributed by atoms with Crippen LogP contribution in [0.1, 0.15) is 10.4 Å². The number of nitrogens with one attached hydrogen (secondary N) is 1. The molecule has 1 N–H and O–H groups in total. The monoisotopic (exact) mass is 425 g/mol. The molecule has 0 spiro atoms. The lowest BCUT2D eigenvalue weighted by Crippen LogP contribution is -2.15. The van der Waals surface area contributed by atoms with Gasteiger partial charge in [0.05, 0.1) is 15.5 Å². The number of hydrogen-bond acceptors (Lipinski definition) is 4. The fourth-order valence-electron chi connectivity index (χ4n) is 3.00. The Labute approximate surface area is 172 Å². The van der Waals surface area contributed by atoms with E-state index < -0.39 is 15.7 Å². The Morgan fingerprint density at radius 1 is 1.03 bits per heavy atom. The second-order valence-electron chi connectivity index (χ2n) is 6.47. The van der Waals surface area contributed by atoms with Crippen LogP contribution < -0.4 is 5.32 Å². The third-order valence-corrected chi connectivity index (χ3v) is 5.86. The van der Waals surface area contributed by atoms with Crippen LogP contribution in [-0.2, 0) is 9.84 Å². The molecule has 0 bridgehead atoms.